The molecule has 0 amide bonds. The molecule has 0 radical (unpaired) electrons. The molecular weight excluding hydrogens is 270 g/mol. The highest BCUT2D eigenvalue weighted by Gasteiger charge is 2.09. The fourth-order valence-corrected chi connectivity index (χ4v) is 2.66. The van der Waals surface area contributed by atoms with Crippen LogP contribution in [-0.2, 0) is 16.3 Å². The molecule has 0 heterocycles. The van der Waals surface area contributed by atoms with Crippen molar-refractivity contribution in [1.29, 1.82) is 0 Å². The van der Waals surface area contributed by atoms with Crippen LogP contribution >= 0.6 is 11.6 Å². The van der Waals surface area contributed by atoms with E-state index in [1.54, 1.807) is 0 Å². The second-order valence-corrected chi connectivity index (χ2v) is 7.28. The SMILES string of the molecule is CNC(CCCS(C)(=O)=O)Cc1ccc(Cl)cc1. The Balaban J connectivity index is 2.44. The lowest BCUT2D eigenvalue weighted by Gasteiger charge is -2.16. The third kappa shape index (κ3) is 6.38. The van der Waals surface area contributed by atoms with Gasteiger partial charge in [0.1, 0.15) is 9.84 Å². The van der Waals surface area contributed by atoms with E-state index in [-0.39, 0.29) is 5.75 Å². The fourth-order valence-electron chi connectivity index (χ4n) is 1.85. The molecule has 0 fully saturated rings. The number of halogens is 1. The summed E-state index contributed by atoms with van der Waals surface area (Å²) in [4.78, 5) is 0. The number of likely N-dealkylation sites (N-methyl/N-ethyl adjacent to an activating group) is 1. The van der Waals surface area contributed by atoms with E-state index in [0.29, 0.717) is 12.5 Å². The van der Waals surface area contributed by atoms with E-state index in [9.17, 15) is 8.42 Å². The zero-order valence-corrected chi connectivity index (χ0v) is 12.4. The van der Waals surface area contributed by atoms with Crippen molar-refractivity contribution in [3.63, 3.8) is 0 Å². The Labute approximate surface area is 114 Å². The molecule has 0 aliphatic rings. The molecule has 18 heavy (non-hydrogen) atoms. The number of nitrogens with one attached hydrogen (secondary N) is 1. The third-order valence-electron chi connectivity index (χ3n) is 2.87. The molecule has 0 aliphatic heterocycles. The summed E-state index contributed by atoms with van der Waals surface area (Å²) < 4.78 is 22.1. The topological polar surface area (TPSA) is 46.2 Å². The Morgan fingerprint density at radius 1 is 1.28 bits per heavy atom. The van der Waals surface area contributed by atoms with E-state index in [4.69, 9.17) is 11.6 Å². The molecule has 1 aromatic carbocycles. The lowest BCUT2D eigenvalue weighted by Crippen LogP contribution is -2.28. The molecule has 1 unspecified atom stereocenters. The lowest BCUT2D eigenvalue weighted by atomic mass is 10.0. The van der Waals surface area contributed by atoms with Crippen molar-refractivity contribution in [3.05, 3.63) is 34.9 Å². The largest absolute Gasteiger partial charge is 0.317 e. The second-order valence-electron chi connectivity index (χ2n) is 4.59. The van der Waals surface area contributed by atoms with Gasteiger partial charge in [0.05, 0.1) is 0 Å². The molecule has 0 saturated heterocycles. The summed E-state index contributed by atoms with van der Waals surface area (Å²) >= 11 is 5.83. The second kappa shape index (κ2) is 7.12. The van der Waals surface area contributed by atoms with E-state index in [2.05, 4.69) is 5.32 Å². The quantitative estimate of drug-likeness (QED) is 0.838. The molecular formula is C13H20ClNO2S. The summed E-state index contributed by atoms with van der Waals surface area (Å²) in [7, 11) is -0.948. The third-order valence-corrected chi connectivity index (χ3v) is 4.15. The minimum Gasteiger partial charge on any atom is -0.317 e. The zero-order valence-electron chi connectivity index (χ0n) is 10.8. The van der Waals surface area contributed by atoms with Crippen molar-refractivity contribution in [2.75, 3.05) is 19.1 Å². The molecule has 0 spiro atoms. The maximum Gasteiger partial charge on any atom is 0.147 e. The number of hydrogen-bond acceptors (Lipinski definition) is 3. The Morgan fingerprint density at radius 2 is 1.89 bits per heavy atom. The van der Waals surface area contributed by atoms with E-state index in [0.717, 1.165) is 17.9 Å². The minimum absolute atomic E-state index is 0.256. The highest BCUT2D eigenvalue weighted by Crippen LogP contribution is 2.13. The zero-order chi connectivity index (χ0) is 13.6. The number of hydrogen-bond donors (Lipinski definition) is 1. The Hall–Kier alpha value is -0.580. The van der Waals surface area contributed by atoms with Gasteiger partial charge in [-0.2, -0.15) is 0 Å². The minimum atomic E-state index is -2.85. The summed E-state index contributed by atoms with van der Waals surface area (Å²) in [6.45, 7) is 0. The first-order chi connectivity index (χ1) is 8.40. The Kier molecular flexibility index (Phi) is 6.12. The van der Waals surface area contributed by atoms with Crippen LogP contribution in [0, 0.1) is 0 Å². The highest BCUT2D eigenvalue weighted by atomic mass is 35.5. The average Bonchev–Trinajstić information content (AvgIpc) is 2.29. The van der Waals surface area contributed by atoms with Gasteiger partial charge in [0.25, 0.3) is 0 Å². The van der Waals surface area contributed by atoms with Gasteiger partial charge in [-0.3, -0.25) is 0 Å². The van der Waals surface area contributed by atoms with Crippen LogP contribution in [-0.4, -0.2) is 33.5 Å². The monoisotopic (exact) mass is 289 g/mol. The summed E-state index contributed by atoms with van der Waals surface area (Å²) in [6, 6.07) is 8.06. The van der Waals surface area contributed by atoms with Crippen LogP contribution in [0.3, 0.4) is 0 Å². The van der Waals surface area contributed by atoms with E-state index in [1.807, 2.05) is 31.3 Å². The van der Waals surface area contributed by atoms with Crippen molar-refractivity contribution in [3.8, 4) is 0 Å². The number of sulfone groups is 1. The van der Waals surface area contributed by atoms with Crippen molar-refractivity contribution >= 4 is 21.4 Å². The van der Waals surface area contributed by atoms with Crippen molar-refractivity contribution in [2.24, 2.45) is 0 Å². The van der Waals surface area contributed by atoms with Gasteiger partial charge >= 0.3 is 0 Å². The van der Waals surface area contributed by atoms with E-state index >= 15 is 0 Å². The predicted molar refractivity (Wildman–Crippen MR) is 76.9 cm³/mol. The van der Waals surface area contributed by atoms with Gasteiger partial charge in [0.15, 0.2) is 0 Å². The molecule has 3 nitrogen and oxygen atoms in total. The van der Waals surface area contributed by atoms with Crippen molar-refractivity contribution < 1.29 is 8.42 Å². The average molecular weight is 290 g/mol. The van der Waals surface area contributed by atoms with Crippen LogP contribution in [0.15, 0.2) is 24.3 Å². The van der Waals surface area contributed by atoms with Gasteiger partial charge in [-0.05, 0) is 44.0 Å². The Morgan fingerprint density at radius 3 is 2.39 bits per heavy atom. The van der Waals surface area contributed by atoms with Crippen LogP contribution in [0.25, 0.3) is 0 Å². The van der Waals surface area contributed by atoms with Crippen LogP contribution in [0.4, 0.5) is 0 Å². The first-order valence-corrected chi connectivity index (χ1v) is 8.44. The molecule has 5 heteroatoms. The van der Waals surface area contributed by atoms with E-state index in [1.165, 1.54) is 11.8 Å². The van der Waals surface area contributed by atoms with Gasteiger partial charge in [-0.15, -0.1) is 0 Å². The fraction of sp³-hybridized carbons (Fsp3) is 0.538. The van der Waals surface area contributed by atoms with Crippen molar-refractivity contribution in [1.82, 2.24) is 5.32 Å². The lowest BCUT2D eigenvalue weighted by molar-refractivity contribution is 0.511. The smallest absolute Gasteiger partial charge is 0.147 e. The van der Waals surface area contributed by atoms with E-state index < -0.39 is 9.84 Å². The Bertz CT molecular complexity index is 456. The first kappa shape index (κ1) is 15.5. The van der Waals surface area contributed by atoms with Gasteiger partial charge in [0.2, 0.25) is 0 Å². The molecule has 0 aliphatic carbocycles. The molecule has 1 N–H and O–H groups in total. The van der Waals surface area contributed by atoms with Crippen LogP contribution in [0.2, 0.25) is 5.02 Å². The molecule has 102 valence electrons. The van der Waals surface area contributed by atoms with Crippen LogP contribution in [0.1, 0.15) is 18.4 Å². The summed E-state index contributed by atoms with van der Waals surface area (Å²) in [5.74, 6) is 0.256. The normalized spacial score (nSPS) is 13.5. The molecule has 0 bridgehead atoms. The van der Waals surface area contributed by atoms with Gasteiger partial charge in [-0.25, -0.2) is 8.42 Å². The number of rotatable bonds is 7. The van der Waals surface area contributed by atoms with Crippen molar-refractivity contribution in [2.45, 2.75) is 25.3 Å². The van der Waals surface area contributed by atoms with Crippen LogP contribution < -0.4 is 5.32 Å². The summed E-state index contributed by atoms with van der Waals surface area (Å²) in [5.41, 5.74) is 1.21. The first-order valence-electron chi connectivity index (χ1n) is 6.00. The predicted octanol–water partition coefficient (Wildman–Crippen LogP) is 2.30. The van der Waals surface area contributed by atoms with Crippen LogP contribution in [0.5, 0.6) is 0 Å². The maximum atomic E-state index is 11.1. The molecule has 1 rings (SSSR count). The highest BCUT2D eigenvalue weighted by molar-refractivity contribution is 7.90. The summed E-state index contributed by atoms with van der Waals surface area (Å²) in [5, 5.41) is 3.96. The number of benzene rings is 1. The maximum absolute atomic E-state index is 11.1. The van der Waals surface area contributed by atoms with Gasteiger partial charge < -0.3 is 5.32 Å². The standard InChI is InChI=1S/C13H20ClNO2S/c1-15-13(4-3-9-18(2,16)17)10-11-5-7-12(14)8-6-11/h5-8,13,15H,3-4,9-10H2,1-2H3. The molecule has 0 aromatic heterocycles. The summed E-state index contributed by atoms with van der Waals surface area (Å²) in [6.07, 6.45) is 3.71. The molecule has 0 saturated carbocycles. The molecule has 1 aromatic rings. The van der Waals surface area contributed by atoms with Gasteiger partial charge in [-0.1, -0.05) is 23.7 Å². The molecule has 1 atom stereocenters. The van der Waals surface area contributed by atoms with Gasteiger partial charge in [0, 0.05) is 23.1 Å².